The van der Waals surface area contributed by atoms with Gasteiger partial charge >= 0.3 is 0 Å². The molecule has 0 unspecified atom stereocenters. The van der Waals surface area contributed by atoms with Crippen molar-refractivity contribution in [2.45, 2.75) is 53.5 Å². The van der Waals surface area contributed by atoms with Gasteiger partial charge in [-0.1, -0.05) is 34.6 Å². The van der Waals surface area contributed by atoms with Gasteiger partial charge in [-0.2, -0.15) is 20.5 Å². The summed E-state index contributed by atoms with van der Waals surface area (Å²) in [6.45, 7) is 13.9. The zero-order chi connectivity index (χ0) is 21.6. The molecule has 152 valence electrons. The number of benzene rings is 1. The van der Waals surface area contributed by atoms with Crippen molar-refractivity contribution in [1.29, 1.82) is 10.5 Å². The normalized spacial score (nSPS) is 12.7. The zero-order valence-electron chi connectivity index (χ0n) is 17.9. The Kier molecular flexibility index (Phi) is 7.36. The number of thiazole rings is 1. The van der Waals surface area contributed by atoms with E-state index in [2.05, 4.69) is 56.4 Å². The third kappa shape index (κ3) is 5.79. The molecule has 0 atom stereocenters. The van der Waals surface area contributed by atoms with Crippen molar-refractivity contribution in [3.63, 3.8) is 0 Å². The van der Waals surface area contributed by atoms with Gasteiger partial charge in [0.2, 0.25) is 6.19 Å². The van der Waals surface area contributed by atoms with Gasteiger partial charge in [-0.15, -0.1) is 11.3 Å². The van der Waals surface area contributed by atoms with Crippen LogP contribution in [0, 0.1) is 28.7 Å². The van der Waals surface area contributed by atoms with Crippen LogP contribution in [-0.4, -0.2) is 17.0 Å². The number of aliphatic imine (C=N–C) groups is 1. The molecule has 0 saturated heterocycles. The molecule has 29 heavy (non-hydrogen) atoms. The average molecular weight is 410 g/mol. The Morgan fingerprint density at radius 3 is 2.55 bits per heavy atom. The van der Waals surface area contributed by atoms with Crippen molar-refractivity contribution in [2.75, 3.05) is 6.61 Å². The molecule has 0 aliphatic carbocycles. The molecule has 0 bridgehead atoms. The van der Waals surface area contributed by atoms with E-state index in [1.165, 1.54) is 4.88 Å². The number of hydrogen-bond acceptors (Lipinski definition) is 5. The third-order valence-electron chi connectivity index (χ3n) is 4.03. The SMILES string of the molecule is CCOc1ccc(C#N)cc1C(=NC#N)N=c1sc(C(C)(C)C)cn1CC(C)C. The summed E-state index contributed by atoms with van der Waals surface area (Å²) in [5.74, 6) is 1.23. The van der Waals surface area contributed by atoms with Crippen LogP contribution in [-0.2, 0) is 12.0 Å². The Morgan fingerprint density at radius 1 is 1.28 bits per heavy atom. The highest BCUT2D eigenvalue weighted by molar-refractivity contribution is 7.09. The second-order valence-electron chi connectivity index (χ2n) is 8.08. The number of nitrogens with zero attached hydrogens (tertiary/aromatic N) is 5. The second kappa shape index (κ2) is 9.54. The summed E-state index contributed by atoms with van der Waals surface area (Å²) in [4.78, 5) is 10.7. The van der Waals surface area contributed by atoms with Crippen molar-refractivity contribution in [2.24, 2.45) is 15.9 Å². The maximum absolute atomic E-state index is 9.29. The fourth-order valence-corrected chi connectivity index (χ4v) is 3.74. The van der Waals surface area contributed by atoms with Gasteiger partial charge in [-0.3, -0.25) is 0 Å². The molecular weight excluding hydrogens is 382 g/mol. The van der Waals surface area contributed by atoms with Crippen LogP contribution in [0.4, 0.5) is 0 Å². The molecule has 7 heteroatoms. The summed E-state index contributed by atoms with van der Waals surface area (Å²) in [5, 5.41) is 18.6. The first kappa shape index (κ1) is 22.4. The first-order chi connectivity index (χ1) is 13.7. The van der Waals surface area contributed by atoms with Crippen LogP contribution in [0.3, 0.4) is 0 Å². The van der Waals surface area contributed by atoms with Gasteiger partial charge < -0.3 is 9.30 Å². The lowest BCUT2D eigenvalue weighted by Crippen LogP contribution is -2.19. The van der Waals surface area contributed by atoms with Gasteiger partial charge in [0, 0.05) is 17.6 Å². The van der Waals surface area contributed by atoms with E-state index in [4.69, 9.17) is 9.73 Å². The molecule has 0 aliphatic rings. The van der Waals surface area contributed by atoms with E-state index < -0.39 is 0 Å². The van der Waals surface area contributed by atoms with Crippen LogP contribution in [0.15, 0.2) is 34.4 Å². The lowest BCUT2D eigenvalue weighted by molar-refractivity contribution is 0.339. The molecule has 0 N–H and O–H groups in total. The summed E-state index contributed by atoms with van der Waals surface area (Å²) in [5.41, 5.74) is 0.983. The predicted molar refractivity (Wildman–Crippen MR) is 116 cm³/mol. The highest BCUT2D eigenvalue weighted by atomic mass is 32.1. The molecule has 0 radical (unpaired) electrons. The van der Waals surface area contributed by atoms with Crippen LogP contribution in [0.5, 0.6) is 5.75 Å². The summed E-state index contributed by atoms with van der Waals surface area (Å²) >= 11 is 1.59. The first-order valence-electron chi connectivity index (χ1n) is 9.59. The Hall–Kier alpha value is -2.90. The Morgan fingerprint density at radius 2 is 2.00 bits per heavy atom. The van der Waals surface area contributed by atoms with E-state index in [-0.39, 0.29) is 11.3 Å². The van der Waals surface area contributed by atoms with Crippen LogP contribution < -0.4 is 9.54 Å². The standard InChI is InChI=1S/C22H27N5OS/c1-7-28-18-9-8-16(11-23)10-17(18)20(25-14-24)26-21-27(12-15(2)3)13-19(29-21)22(4,5)6/h8-10,13,15H,7,12H2,1-6H3. The van der Waals surface area contributed by atoms with Crippen molar-refractivity contribution in [3.05, 3.63) is 45.2 Å². The van der Waals surface area contributed by atoms with Gasteiger partial charge in [0.15, 0.2) is 10.6 Å². The van der Waals surface area contributed by atoms with Crippen molar-refractivity contribution >= 4 is 17.2 Å². The van der Waals surface area contributed by atoms with Crippen LogP contribution >= 0.6 is 11.3 Å². The maximum Gasteiger partial charge on any atom is 0.207 e. The summed E-state index contributed by atoms with van der Waals surface area (Å²) in [6, 6.07) is 7.18. The van der Waals surface area contributed by atoms with Crippen LogP contribution in [0.25, 0.3) is 0 Å². The van der Waals surface area contributed by atoms with Gasteiger partial charge in [-0.05, 0) is 36.5 Å². The van der Waals surface area contributed by atoms with Crippen LogP contribution in [0.1, 0.15) is 57.5 Å². The average Bonchev–Trinajstić information content (AvgIpc) is 3.04. The molecule has 2 aromatic rings. The molecule has 0 spiro atoms. The number of aromatic nitrogens is 1. The minimum absolute atomic E-state index is 0.0130. The quantitative estimate of drug-likeness (QED) is 0.411. The number of ether oxygens (including phenoxy) is 1. The molecule has 1 heterocycles. The number of rotatable bonds is 5. The van der Waals surface area contributed by atoms with Gasteiger partial charge in [0.1, 0.15) is 5.75 Å². The molecule has 0 amide bonds. The minimum atomic E-state index is -0.0130. The molecule has 1 aromatic carbocycles. The highest BCUT2D eigenvalue weighted by Crippen LogP contribution is 2.25. The summed E-state index contributed by atoms with van der Waals surface area (Å²) < 4.78 is 7.80. The lowest BCUT2D eigenvalue weighted by Gasteiger charge is -2.14. The van der Waals surface area contributed by atoms with E-state index in [0.717, 1.165) is 11.3 Å². The molecule has 0 saturated carbocycles. The zero-order valence-corrected chi connectivity index (χ0v) is 18.7. The molecule has 6 nitrogen and oxygen atoms in total. The summed E-state index contributed by atoms with van der Waals surface area (Å²) in [6.07, 6.45) is 3.97. The van der Waals surface area contributed by atoms with Crippen molar-refractivity contribution in [1.82, 2.24) is 4.57 Å². The highest BCUT2D eigenvalue weighted by Gasteiger charge is 2.19. The van der Waals surface area contributed by atoms with Gasteiger partial charge in [-0.25, -0.2) is 0 Å². The van der Waals surface area contributed by atoms with E-state index in [1.54, 1.807) is 29.5 Å². The Balaban J connectivity index is 2.72. The Bertz CT molecular complexity index is 1040. The lowest BCUT2D eigenvalue weighted by atomic mass is 9.95. The minimum Gasteiger partial charge on any atom is -0.493 e. The molecular formula is C22H27N5OS. The van der Waals surface area contributed by atoms with Crippen molar-refractivity contribution in [3.8, 4) is 18.0 Å². The maximum atomic E-state index is 9.29. The second-order valence-corrected chi connectivity index (χ2v) is 9.09. The molecule has 1 aromatic heterocycles. The van der Waals surface area contributed by atoms with E-state index in [0.29, 0.717) is 29.4 Å². The number of nitriles is 2. The van der Waals surface area contributed by atoms with E-state index in [9.17, 15) is 10.5 Å². The fourth-order valence-electron chi connectivity index (χ4n) is 2.68. The Labute approximate surface area is 176 Å². The first-order valence-corrected chi connectivity index (χ1v) is 10.4. The van der Waals surface area contributed by atoms with Crippen LogP contribution in [0.2, 0.25) is 0 Å². The fraction of sp³-hybridized carbons (Fsp3) is 0.455. The largest absolute Gasteiger partial charge is 0.493 e. The smallest absolute Gasteiger partial charge is 0.207 e. The topological polar surface area (TPSA) is 86.5 Å². The molecule has 0 aliphatic heterocycles. The summed E-state index contributed by atoms with van der Waals surface area (Å²) in [7, 11) is 0. The van der Waals surface area contributed by atoms with Crippen molar-refractivity contribution < 1.29 is 4.74 Å². The number of hydrogen-bond donors (Lipinski definition) is 0. The van der Waals surface area contributed by atoms with Gasteiger partial charge in [0.05, 0.1) is 23.8 Å². The number of amidine groups is 1. The molecule has 0 fully saturated rings. The predicted octanol–water partition coefficient (Wildman–Crippen LogP) is 4.60. The van der Waals surface area contributed by atoms with Gasteiger partial charge in [0.25, 0.3) is 0 Å². The monoisotopic (exact) mass is 409 g/mol. The third-order valence-corrected chi connectivity index (χ3v) is 5.47. The van der Waals surface area contributed by atoms with E-state index >= 15 is 0 Å². The van der Waals surface area contributed by atoms with E-state index in [1.807, 2.05) is 13.1 Å². The molecule has 2 rings (SSSR count).